The molecule has 1 aliphatic rings. The van der Waals surface area contributed by atoms with E-state index in [1.807, 2.05) is 53.2 Å². The molecule has 0 bridgehead atoms. The monoisotopic (exact) mass is 426 g/mol. The van der Waals surface area contributed by atoms with Gasteiger partial charge in [-0.25, -0.2) is 4.98 Å². The van der Waals surface area contributed by atoms with Crippen molar-refractivity contribution in [3.63, 3.8) is 0 Å². The summed E-state index contributed by atoms with van der Waals surface area (Å²) < 4.78 is 7.76. The zero-order chi connectivity index (χ0) is 22.1. The number of nitrogens with one attached hydrogen (secondary N) is 1. The summed E-state index contributed by atoms with van der Waals surface area (Å²) in [7, 11) is 0. The summed E-state index contributed by atoms with van der Waals surface area (Å²) in [5, 5.41) is 2.93. The zero-order valence-electron chi connectivity index (χ0n) is 17.6. The van der Waals surface area contributed by atoms with Crippen molar-refractivity contribution in [1.29, 1.82) is 0 Å². The maximum Gasteiger partial charge on any atom is 0.255 e. The number of nitrogens with zero attached hydrogens (tertiary/aromatic N) is 3. The van der Waals surface area contributed by atoms with E-state index in [-0.39, 0.29) is 11.8 Å². The van der Waals surface area contributed by atoms with Crippen LogP contribution in [0.3, 0.4) is 0 Å². The van der Waals surface area contributed by atoms with Gasteiger partial charge >= 0.3 is 0 Å². The Morgan fingerprint density at radius 2 is 1.94 bits per heavy atom. The Hall–Kier alpha value is -4.13. The molecule has 0 atom stereocenters. The van der Waals surface area contributed by atoms with Crippen molar-refractivity contribution >= 4 is 28.8 Å². The molecule has 1 N–H and O–H groups in total. The van der Waals surface area contributed by atoms with Gasteiger partial charge in [-0.05, 0) is 66.6 Å². The van der Waals surface area contributed by atoms with E-state index >= 15 is 0 Å². The first-order valence-corrected chi connectivity index (χ1v) is 10.4. The molecule has 0 radical (unpaired) electrons. The Balaban J connectivity index is 1.21. The highest BCUT2D eigenvalue weighted by molar-refractivity contribution is 6.04. The van der Waals surface area contributed by atoms with Crippen LogP contribution in [-0.4, -0.2) is 27.7 Å². The van der Waals surface area contributed by atoms with E-state index < -0.39 is 0 Å². The van der Waals surface area contributed by atoms with Crippen molar-refractivity contribution < 1.29 is 14.3 Å². The fourth-order valence-corrected chi connectivity index (χ4v) is 3.93. The summed E-state index contributed by atoms with van der Waals surface area (Å²) in [5.41, 5.74) is 4.94. The molecule has 0 aliphatic carbocycles. The van der Waals surface area contributed by atoms with Gasteiger partial charge in [0.15, 0.2) is 0 Å². The Bertz CT molecular complexity index is 1280. The Morgan fingerprint density at radius 1 is 1.09 bits per heavy atom. The second kappa shape index (κ2) is 8.19. The van der Waals surface area contributed by atoms with Gasteiger partial charge in [-0.15, -0.1) is 0 Å². The van der Waals surface area contributed by atoms with Crippen LogP contribution >= 0.6 is 0 Å². The molecule has 0 saturated heterocycles. The van der Waals surface area contributed by atoms with Crippen molar-refractivity contribution in [2.45, 2.75) is 20.0 Å². The number of fused-ring (bicyclic) bond motifs is 2. The molecular formula is C25H22N4O3. The Morgan fingerprint density at radius 3 is 2.72 bits per heavy atom. The molecule has 5 rings (SSSR count). The Kier molecular flexibility index (Phi) is 5.07. The predicted octanol–water partition coefficient (Wildman–Crippen LogP) is 4.07. The van der Waals surface area contributed by atoms with Crippen LogP contribution in [0.25, 0.3) is 5.65 Å². The van der Waals surface area contributed by atoms with E-state index in [4.69, 9.17) is 4.74 Å². The molecule has 160 valence electrons. The number of carbonyl (C=O) groups is 2. The third kappa shape index (κ3) is 3.92. The SMILES string of the molecule is CC(=O)N1CCc2cc(NC(=O)c3ccc(OCc4cn5ccccc5n4)cc3)ccc21. The van der Waals surface area contributed by atoms with Gasteiger partial charge < -0.3 is 19.4 Å². The molecule has 2 aromatic carbocycles. The van der Waals surface area contributed by atoms with Crippen molar-refractivity contribution in [1.82, 2.24) is 9.38 Å². The number of hydrogen-bond donors (Lipinski definition) is 1. The number of anilines is 2. The van der Waals surface area contributed by atoms with Crippen LogP contribution in [0.15, 0.2) is 73.1 Å². The van der Waals surface area contributed by atoms with Gasteiger partial charge in [0.25, 0.3) is 5.91 Å². The lowest BCUT2D eigenvalue weighted by molar-refractivity contribution is -0.116. The predicted molar refractivity (Wildman–Crippen MR) is 122 cm³/mol. The van der Waals surface area contributed by atoms with Gasteiger partial charge in [0.2, 0.25) is 5.91 Å². The lowest BCUT2D eigenvalue weighted by Crippen LogP contribution is -2.25. The lowest BCUT2D eigenvalue weighted by Gasteiger charge is -2.15. The number of hydrogen-bond acceptors (Lipinski definition) is 4. The van der Waals surface area contributed by atoms with Gasteiger partial charge in [-0.1, -0.05) is 6.07 Å². The number of pyridine rings is 1. The van der Waals surface area contributed by atoms with Crippen LogP contribution in [0.5, 0.6) is 5.75 Å². The van der Waals surface area contributed by atoms with Crippen LogP contribution in [0.1, 0.15) is 28.5 Å². The van der Waals surface area contributed by atoms with Crippen molar-refractivity contribution in [2.75, 3.05) is 16.8 Å². The van der Waals surface area contributed by atoms with E-state index in [1.54, 1.807) is 36.1 Å². The highest BCUT2D eigenvalue weighted by Gasteiger charge is 2.22. The summed E-state index contributed by atoms with van der Waals surface area (Å²) in [6, 6.07) is 18.5. The number of ether oxygens (including phenoxy) is 1. The highest BCUT2D eigenvalue weighted by Crippen LogP contribution is 2.30. The normalized spacial score (nSPS) is 12.6. The van der Waals surface area contributed by atoms with E-state index in [2.05, 4.69) is 10.3 Å². The second-order valence-electron chi connectivity index (χ2n) is 7.73. The molecule has 32 heavy (non-hydrogen) atoms. The largest absolute Gasteiger partial charge is 0.487 e. The minimum Gasteiger partial charge on any atom is -0.487 e. The molecule has 2 amide bonds. The van der Waals surface area contributed by atoms with E-state index in [0.717, 1.165) is 29.0 Å². The smallest absolute Gasteiger partial charge is 0.255 e. The average molecular weight is 426 g/mol. The van der Waals surface area contributed by atoms with Crippen molar-refractivity contribution in [3.8, 4) is 5.75 Å². The van der Waals surface area contributed by atoms with Crippen LogP contribution in [0.2, 0.25) is 0 Å². The van der Waals surface area contributed by atoms with Gasteiger partial charge in [0, 0.05) is 42.8 Å². The molecule has 0 spiro atoms. The van der Waals surface area contributed by atoms with Crippen LogP contribution in [-0.2, 0) is 17.8 Å². The molecule has 7 heteroatoms. The molecule has 3 heterocycles. The molecule has 1 aliphatic heterocycles. The minimum atomic E-state index is -0.196. The average Bonchev–Trinajstić information content (AvgIpc) is 3.41. The van der Waals surface area contributed by atoms with Gasteiger partial charge in [-0.3, -0.25) is 9.59 Å². The number of aromatic nitrogens is 2. The maximum atomic E-state index is 12.6. The van der Waals surface area contributed by atoms with Gasteiger partial charge in [0.05, 0.1) is 5.69 Å². The fourth-order valence-electron chi connectivity index (χ4n) is 3.93. The molecular weight excluding hydrogens is 404 g/mol. The second-order valence-corrected chi connectivity index (χ2v) is 7.73. The van der Waals surface area contributed by atoms with E-state index in [0.29, 0.717) is 30.2 Å². The molecule has 2 aromatic heterocycles. The van der Waals surface area contributed by atoms with Crippen LogP contribution < -0.4 is 15.0 Å². The molecule has 0 fully saturated rings. The van der Waals surface area contributed by atoms with E-state index in [9.17, 15) is 9.59 Å². The Labute approximate surface area is 185 Å². The fraction of sp³-hybridized carbons (Fsp3) is 0.160. The van der Waals surface area contributed by atoms with E-state index in [1.165, 1.54) is 0 Å². The third-order valence-electron chi connectivity index (χ3n) is 5.53. The number of amides is 2. The third-order valence-corrected chi connectivity index (χ3v) is 5.53. The first kappa shape index (κ1) is 19.8. The number of benzene rings is 2. The standard InChI is InChI=1S/C25H22N4O3/c1-17(30)29-13-11-19-14-20(7-10-23(19)29)27-25(31)18-5-8-22(9-6-18)32-16-21-15-28-12-3-2-4-24(28)26-21/h2-10,12,14-15H,11,13,16H2,1H3,(H,27,31). The summed E-state index contributed by atoms with van der Waals surface area (Å²) >= 11 is 0. The first-order valence-electron chi connectivity index (χ1n) is 10.4. The number of imidazole rings is 1. The summed E-state index contributed by atoms with van der Waals surface area (Å²) in [5.74, 6) is 0.503. The molecule has 7 nitrogen and oxygen atoms in total. The van der Waals surface area contributed by atoms with Gasteiger partial charge in [0.1, 0.15) is 18.0 Å². The molecule has 0 saturated carbocycles. The number of carbonyl (C=O) groups excluding carboxylic acids is 2. The zero-order valence-corrected chi connectivity index (χ0v) is 17.6. The number of rotatable bonds is 5. The summed E-state index contributed by atoms with van der Waals surface area (Å²) in [6.07, 6.45) is 4.67. The maximum absolute atomic E-state index is 12.6. The highest BCUT2D eigenvalue weighted by atomic mass is 16.5. The molecule has 0 unspecified atom stereocenters. The summed E-state index contributed by atoms with van der Waals surface area (Å²) in [4.78, 5) is 30.6. The van der Waals surface area contributed by atoms with Crippen LogP contribution in [0, 0.1) is 0 Å². The molecule has 4 aromatic rings. The van der Waals surface area contributed by atoms with Crippen LogP contribution in [0.4, 0.5) is 11.4 Å². The van der Waals surface area contributed by atoms with Crippen molar-refractivity contribution in [2.24, 2.45) is 0 Å². The lowest BCUT2D eigenvalue weighted by atomic mass is 10.1. The van der Waals surface area contributed by atoms with Gasteiger partial charge in [-0.2, -0.15) is 0 Å². The van der Waals surface area contributed by atoms with Crippen molar-refractivity contribution in [3.05, 3.63) is 89.9 Å². The quantitative estimate of drug-likeness (QED) is 0.522. The minimum absolute atomic E-state index is 0.0315. The summed E-state index contributed by atoms with van der Waals surface area (Å²) in [6.45, 7) is 2.59. The first-order chi connectivity index (χ1) is 15.6. The topological polar surface area (TPSA) is 75.9 Å².